The maximum atomic E-state index is 4.61. The zero-order valence-electron chi connectivity index (χ0n) is 13.5. The number of benzene rings is 1. The SMILES string of the molecule is C=C/C(=C(\C)n1ccnc1-c1ccccc1C)C1CCCC1. The van der Waals surface area contributed by atoms with Crippen LogP contribution in [0.4, 0.5) is 0 Å². The second-order valence-electron chi connectivity index (χ2n) is 6.16. The number of hydrogen-bond acceptors (Lipinski definition) is 1. The summed E-state index contributed by atoms with van der Waals surface area (Å²) in [6, 6.07) is 8.43. The number of imidazole rings is 1. The Morgan fingerprint density at radius 2 is 2.00 bits per heavy atom. The van der Waals surface area contributed by atoms with Gasteiger partial charge in [0.1, 0.15) is 5.82 Å². The van der Waals surface area contributed by atoms with Crippen LogP contribution in [-0.2, 0) is 0 Å². The Bertz CT molecular complexity index is 700. The van der Waals surface area contributed by atoms with Crippen molar-refractivity contribution in [3.8, 4) is 11.4 Å². The van der Waals surface area contributed by atoms with Gasteiger partial charge >= 0.3 is 0 Å². The molecule has 114 valence electrons. The predicted octanol–water partition coefficient (Wildman–Crippen LogP) is 5.47. The molecule has 0 spiro atoms. The molecule has 2 nitrogen and oxygen atoms in total. The number of nitrogens with zero attached hydrogens (tertiary/aromatic N) is 2. The van der Waals surface area contributed by atoms with Gasteiger partial charge in [-0.25, -0.2) is 4.98 Å². The molecule has 1 aliphatic carbocycles. The van der Waals surface area contributed by atoms with Gasteiger partial charge < -0.3 is 4.57 Å². The van der Waals surface area contributed by atoms with Crippen molar-refractivity contribution in [1.82, 2.24) is 9.55 Å². The minimum atomic E-state index is 0.657. The minimum Gasteiger partial charge on any atom is -0.304 e. The average Bonchev–Trinajstić information content (AvgIpc) is 3.19. The van der Waals surface area contributed by atoms with Gasteiger partial charge in [-0.15, -0.1) is 0 Å². The average molecular weight is 292 g/mol. The first kappa shape index (κ1) is 14.8. The van der Waals surface area contributed by atoms with E-state index in [0.29, 0.717) is 5.92 Å². The molecule has 2 heteroatoms. The van der Waals surface area contributed by atoms with Crippen LogP contribution < -0.4 is 0 Å². The van der Waals surface area contributed by atoms with E-state index in [9.17, 15) is 0 Å². The minimum absolute atomic E-state index is 0.657. The smallest absolute Gasteiger partial charge is 0.144 e. The van der Waals surface area contributed by atoms with E-state index in [-0.39, 0.29) is 0 Å². The Labute approximate surface area is 133 Å². The van der Waals surface area contributed by atoms with Gasteiger partial charge in [0.15, 0.2) is 0 Å². The van der Waals surface area contributed by atoms with Gasteiger partial charge in [-0.2, -0.15) is 0 Å². The summed E-state index contributed by atoms with van der Waals surface area (Å²) in [6.45, 7) is 8.40. The summed E-state index contributed by atoms with van der Waals surface area (Å²) >= 11 is 0. The van der Waals surface area contributed by atoms with Crippen molar-refractivity contribution in [3.05, 3.63) is 60.5 Å². The zero-order chi connectivity index (χ0) is 15.5. The number of aromatic nitrogens is 2. The summed E-state index contributed by atoms with van der Waals surface area (Å²) in [5.41, 5.74) is 5.09. The molecule has 0 saturated heterocycles. The van der Waals surface area contributed by atoms with E-state index in [4.69, 9.17) is 0 Å². The van der Waals surface area contributed by atoms with E-state index < -0.39 is 0 Å². The third kappa shape index (κ3) is 2.66. The summed E-state index contributed by atoms with van der Waals surface area (Å²) < 4.78 is 2.22. The second kappa shape index (κ2) is 6.35. The lowest BCUT2D eigenvalue weighted by Gasteiger charge is -2.18. The lowest BCUT2D eigenvalue weighted by atomic mass is 9.95. The molecule has 1 heterocycles. The van der Waals surface area contributed by atoms with Crippen LogP contribution in [0.5, 0.6) is 0 Å². The normalized spacial score (nSPS) is 16.6. The molecule has 0 unspecified atom stereocenters. The first-order valence-electron chi connectivity index (χ1n) is 8.15. The first-order chi connectivity index (χ1) is 10.7. The standard InChI is InChI=1S/C20H24N2/c1-4-18(17-10-6-7-11-17)16(3)22-14-13-21-20(22)19-12-8-5-9-15(19)2/h4-5,8-9,12-14,17H,1,6-7,10-11H2,2-3H3/b18-16-. The highest BCUT2D eigenvalue weighted by atomic mass is 15.1. The zero-order valence-corrected chi connectivity index (χ0v) is 13.5. The second-order valence-corrected chi connectivity index (χ2v) is 6.16. The number of rotatable bonds is 4. The van der Waals surface area contributed by atoms with Crippen LogP contribution >= 0.6 is 0 Å². The molecule has 1 aliphatic rings. The van der Waals surface area contributed by atoms with Crippen molar-refractivity contribution in [3.63, 3.8) is 0 Å². The number of hydrogen-bond donors (Lipinski definition) is 0. The molecule has 22 heavy (non-hydrogen) atoms. The quantitative estimate of drug-likeness (QED) is 0.684. The van der Waals surface area contributed by atoms with E-state index >= 15 is 0 Å². The molecule has 1 fully saturated rings. The van der Waals surface area contributed by atoms with Crippen LogP contribution in [0.25, 0.3) is 17.1 Å². The molecule has 0 aliphatic heterocycles. The fraction of sp³-hybridized carbons (Fsp3) is 0.350. The Kier molecular flexibility index (Phi) is 4.28. The van der Waals surface area contributed by atoms with E-state index in [0.717, 1.165) is 5.82 Å². The molecule has 2 aromatic rings. The van der Waals surface area contributed by atoms with Crippen molar-refractivity contribution in [2.45, 2.75) is 39.5 Å². The van der Waals surface area contributed by atoms with Gasteiger partial charge in [0.25, 0.3) is 0 Å². The van der Waals surface area contributed by atoms with Crippen LogP contribution in [0, 0.1) is 12.8 Å². The Morgan fingerprint density at radius 3 is 2.68 bits per heavy atom. The van der Waals surface area contributed by atoms with Gasteiger partial charge in [0.05, 0.1) is 0 Å². The summed E-state index contributed by atoms with van der Waals surface area (Å²) in [6.07, 6.45) is 11.2. The molecule has 1 aromatic carbocycles. The number of aryl methyl sites for hydroxylation is 1. The summed E-state index contributed by atoms with van der Waals surface area (Å²) in [5, 5.41) is 0. The Hall–Kier alpha value is -2.09. The van der Waals surface area contributed by atoms with E-state index in [1.165, 1.54) is 48.1 Å². The topological polar surface area (TPSA) is 17.8 Å². The Morgan fingerprint density at radius 1 is 1.27 bits per heavy atom. The number of allylic oxidation sites excluding steroid dienone is 3. The van der Waals surface area contributed by atoms with Gasteiger partial charge in [-0.3, -0.25) is 0 Å². The van der Waals surface area contributed by atoms with Crippen molar-refractivity contribution < 1.29 is 0 Å². The van der Waals surface area contributed by atoms with E-state index in [1.54, 1.807) is 0 Å². The molecule has 0 bridgehead atoms. The van der Waals surface area contributed by atoms with Crippen LogP contribution in [0.15, 0.2) is 54.9 Å². The van der Waals surface area contributed by atoms with Crippen molar-refractivity contribution >= 4 is 5.70 Å². The fourth-order valence-corrected chi connectivity index (χ4v) is 3.58. The lowest BCUT2D eigenvalue weighted by Crippen LogP contribution is -2.05. The maximum absolute atomic E-state index is 4.61. The fourth-order valence-electron chi connectivity index (χ4n) is 3.58. The lowest BCUT2D eigenvalue weighted by molar-refractivity contribution is 0.655. The third-order valence-electron chi connectivity index (χ3n) is 4.82. The summed E-state index contributed by atoms with van der Waals surface area (Å²) in [4.78, 5) is 4.61. The molecule has 0 atom stereocenters. The van der Waals surface area contributed by atoms with Crippen LogP contribution in [0.1, 0.15) is 38.2 Å². The van der Waals surface area contributed by atoms with Crippen molar-refractivity contribution in [1.29, 1.82) is 0 Å². The molecule has 1 aromatic heterocycles. The molecule has 1 saturated carbocycles. The molecule has 0 N–H and O–H groups in total. The van der Waals surface area contributed by atoms with E-state index in [2.05, 4.69) is 60.4 Å². The van der Waals surface area contributed by atoms with Crippen LogP contribution in [-0.4, -0.2) is 9.55 Å². The summed E-state index contributed by atoms with van der Waals surface area (Å²) in [5.74, 6) is 1.68. The van der Waals surface area contributed by atoms with Crippen molar-refractivity contribution in [2.24, 2.45) is 5.92 Å². The molecular weight excluding hydrogens is 268 g/mol. The monoisotopic (exact) mass is 292 g/mol. The largest absolute Gasteiger partial charge is 0.304 e. The Balaban J connectivity index is 2.07. The van der Waals surface area contributed by atoms with Gasteiger partial charge in [0.2, 0.25) is 0 Å². The van der Waals surface area contributed by atoms with E-state index in [1.807, 2.05) is 12.3 Å². The predicted molar refractivity (Wildman–Crippen MR) is 93.4 cm³/mol. The van der Waals surface area contributed by atoms with Crippen molar-refractivity contribution in [2.75, 3.05) is 0 Å². The van der Waals surface area contributed by atoms with Gasteiger partial charge in [-0.05, 0) is 43.7 Å². The molecule has 0 amide bonds. The highest BCUT2D eigenvalue weighted by Crippen LogP contribution is 2.35. The highest BCUT2D eigenvalue weighted by Gasteiger charge is 2.21. The molecular formula is C20H24N2. The molecule has 3 rings (SSSR count). The van der Waals surface area contributed by atoms with Crippen LogP contribution in [0.2, 0.25) is 0 Å². The third-order valence-corrected chi connectivity index (χ3v) is 4.82. The highest BCUT2D eigenvalue weighted by molar-refractivity contribution is 5.66. The molecule has 0 radical (unpaired) electrons. The van der Waals surface area contributed by atoms with Crippen LogP contribution in [0.3, 0.4) is 0 Å². The first-order valence-corrected chi connectivity index (χ1v) is 8.15. The summed E-state index contributed by atoms with van der Waals surface area (Å²) in [7, 11) is 0. The van der Waals surface area contributed by atoms with Gasteiger partial charge in [0, 0.05) is 23.7 Å². The maximum Gasteiger partial charge on any atom is 0.144 e. The van der Waals surface area contributed by atoms with Gasteiger partial charge in [-0.1, -0.05) is 49.8 Å².